The lowest BCUT2D eigenvalue weighted by Crippen LogP contribution is -2.53. The number of aryl methyl sites for hydroxylation is 1. The van der Waals surface area contributed by atoms with Crippen LogP contribution in [0.4, 0.5) is 0 Å². The van der Waals surface area contributed by atoms with Gasteiger partial charge in [-0.05, 0) is 20.8 Å². The highest BCUT2D eigenvalue weighted by Crippen LogP contribution is 2.19. The molecule has 100 valence electrons. The topological polar surface area (TPSA) is 50.2 Å². The fourth-order valence-corrected chi connectivity index (χ4v) is 2.39. The van der Waals surface area contributed by atoms with Crippen LogP contribution < -0.4 is 5.32 Å². The molecule has 0 unspecified atom stereocenters. The van der Waals surface area contributed by atoms with Crippen molar-refractivity contribution in [3.8, 4) is 0 Å². The number of aromatic nitrogens is 2. The van der Waals surface area contributed by atoms with Crippen molar-refractivity contribution in [3.63, 3.8) is 0 Å². The molecule has 0 aliphatic carbocycles. The molecule has 18 heavy (non-hydrogen) atoms. The van der Waals surface area contributed by atoms with Gasteiger partial charge in [0.1, 0.15) is 6.54 Å². The van der Waals surface area contributed by atoms with Gasteiger partial charge in [0.15, 0.2) is 0 Å². The number of hydrogen-bond donors (Lipinski definition) is 1. The Morgan fingerprint density at radius 2 is 2.28 bits per heavy atom. The van der Waals surface area contributed by atoms with Crippen molar-refractivity contribution < 1.29 is 4.79 Å². The first-order valence-electron chi connectivity index (χ1n) is 6.20. The summed E-state index contributed by atoms with van der Waals surface area (Å²) in [4.78, 5) is 14.1. The van der Waals surface area contributed by atoms with Gasteiger partial charge >= 0.3 is 0 Å². The number of amides is 1. The smallest absolute Gasteiger partial charge is 0.244 e. The third kappa shape index (κ3) is 2.52. The third-order valence-electron chi connectivity index (χ3n) is 3.40. The Bertz CT molecular complexity index is 457. The molecule has 2 heterocycles. The number of nitrogens with zero attached hydrogens (tertiary/aromatic N) is 3. The van der Waals surface area contributed by atoms with Crippen molar-refractivity contribution in [3.05, 3.63) is 16.4 Å². The van der Waals surface area contributed by atoms with Gasteiger partial charge in [-0.2, -0.15) is 5.10 Å². The van der Waals surface area contributed by atoms with E-state index in [0.717, 1.165) is 31.0 Å². The molecule has 1 atom stereocenters. The second-order valence-corrected chi connectivity index (χ2v) is 5.16. The lowest BCUT2D eigenvalue weighted by atomic mass is 10.2. The highest BCUT2D eigenvalue weighted by atomic mass is 35.5. The molecule has 1 N–H and O–H groups in total. The molecule has 1 aliphatic heterocycles. The van der Waals surface area contributed by atoms with E-state index in [1.165, 1.54) is 0 Å². The first kappa shape index (κ1) is 13.4. The molecule has 6 heteroatoms. The number of carbonyl (C=O) groups is 1. The van der Waals surface area contributed by atoms with Crippen LogP contribution in [0.3, 0.4) is 0 Å². The first-order valence-corrected chi connectivity index (χ1v) is 6.58. The van der Waals surface area contributed by atoms with Crippen LogP contribution in [0, 0.1) is 13.8 Å². The number of carbonyl (C=O) groups excluding carboxylic acids is 1. The van der Waals surface area contributed by atoms with Crippen molar-refractivity contribution >= 4 is 17.5 Å². The summed E-state index contributed by atoms with van der Waals surface area (Å²) in [6.07, 6.45) is 0. The van der Waals surface area contributed by atoms with E-state index in [1.54, 1.807) is 4.68 Å². The molecule has 0 saturated carbocycles. The number of piperazine rings is 1. The van der Waals surface area contributed by atoms with Gasteiger partial charge in [0.2, 0.25) is 5.91 Å². The molecule has 1 aliphatic rings. The fraction of sp³-hybridized carbons (Fsp3) is 0.667. The average Bonchev–Trinajstić information content (AvgIpc) is 2.57. The van der Waals surface area contributed by atoms with Crippen LogP contribution in [0.2, 0.25) is 5.02 Å². The number of rotatable bonds is 2. The zero-order valence-corrected chi connectivity index (χ0v) is 11.8. The minimum Gasteiger partial charge on any atom is -0.336 e. The lowest BCUT2D eigenvalue weighted by molar-refractivity contribution is -0.134. The Kier molecular flexibility index (Phi) is 3.92. The predicted octanol–water partition coefficient (Wildman–Crippen LogP) is 0.974. The van der Waals surface area contributed by atoms with Gasteiger partial charge in [-0.25, -0.2) is 0 Å². The van der Waals surface area contributed by atoms with Crippen LogP contribution >= 0.6 is 11.6 Å². The maximum absolute atomic E-state index is 12.2. The number of nitrogens with one attached hydrogen (secondary N) is 1. The monoisotopic (exact) mass is 270 g/mol. The van der Waals surface area contributed by atoms with E-state index in [1.807, 2.05) is 18.7 Å². The summed E-state index contributed by atoms with van der Waals surface area (Å²) in [5.41, 5.74) is 1.63. The molecule has 2 rings (SSSR count). The van der Waals surface area contributed by atoms with Crippen molar-refractivity contribution in [2.75, 3.05) is 19.6 Å². The van der Waals surface area contributed by atoms with E-state index >= 15 is 0 Å². The van der Waals surface area contributed by atoms with Crippen LogP contribution in [-0.2, 0) is 11.3 Å². The van der Waals surface area contributed by atoms with E-state index < -0.39 is 0 Å². The minimum absolute atomic E-state index is 0.103. The Morgan fingerprint density at radius 1 is 1.56 bits per heavy atom. The van der Waals surface area contributed by atoms with E-state index in [-0.39, 0.29) is 18.5 Å². The van der Waals surface area contributed by atoms with E-state index in [2.05, 4.69) is 17.3 Å². The highest BCUT2D eigenvalue weighted by Gasteiger charge is 2.24. The van der Waals surface area contributed by atoms with Gasteiger partial charge in [0, 0.05) is 25.7 Å². The quantitative estimate of drug-likeness (QED) is 0.871. The molecule has 0 aromatic carbocycles. The summed E-state index contributed by atoms with van der Waals surface area (Å²) < 4.78 is 1.69. The molecule has 0 radical (unpaired) electrons. The van der Waals surface area contributed by atoms with Gasteiger partial charge in [0.25, 0.3) is 0 Å². The van der Waals surface area contributed by atoms with Gasteiger partial charge in [-0.3, -0.25) is 9.48 Å². The van der Waals surface area contributed by atoms with Gasteiger partial charge in [-0.15, -0.1) is 0 Å². The van der Waals surface area contributed by atoms with Crippen LogP contribution in [0.15, 0.2) is 0 Å². The average molecular weight is 271 g/mol. The number of halogens is 1. The molecular weight excluding hydrogens is 252 g/mol. The maximum atomic E-state index is 12.2. The van der Waals surface area contributed by atoms with Gasteiger partial charge < -0.3 is 10.2 Å². The van der Waals surface area contributed by atoms with Gasteiger partial charge in [0.05, 0.1) is 16.4 Å². The summed E-state index contributed by atoms with van der Waals surface area (Å²) in [5.74, 6) is 0.103. The number of hydrogen-bond acceptors (Lipinski definition) is 3. The Balaban J connectivity index is 2.08. The summed E-state index contributed by atoms with van der Waals surface area (Å²) in [5, 5.41) is 8.21. The molecule has 1 saturated heterocycles. The highest BCUT2D eigenvalue weighted by molar-refractivity contribution is 6.31. The molecule has 1 aromatic heterocycles. The zero-order chi connectivity index (χ0) is 13.3. The van der Waals surface area contributed by atoms with Crippen LogP contribution in [0.5, 0.6) is 0 Å². The third-order valence-corrected chi connectivity index (χ3v) is 3.95. The molecule has 1 fully saturated rings. The molecule has 0 spiro atoms. The standard InChI is InChI=1S/C12H19ClN4O/c1-8-6-14-4-5-16(8)11(18)7-17-10(3)12(13)9(2)15-17/h8,14H,4-7H2,1-3H3/t8-/m0/s1. The SMILES string of the molecule is Cc1nn(CC(=O)N2CCNC[C@@H]2C)c(C)c1Cl. The van der Waals surface area contributed by atoms with Crippen molar-refractivity contribution in [2.24, 2.45) is 0 Å². The van der Waals surface area contributed by atoms with Crippen molar-refractivity contribution in [1.29, 1.82) is 0 Å². The first-order chi connectivity index (χ1) is 8.50. The Hall–Kier alpha value is -1.07. The van der Waals surface area contributed by atoms with Crippen LogP contribution in [-0.4, -0.2) is 46.3 Å². The molecular formula is C12H19ClN4O. The summed E-state index contributed by atoms with van der Waals surface area (Å²) in [6.45, 7) is 8.52. The lowest BCUT2D eigenvalue weighted by Gasteiger charge is -2.34. The van der Waals surface area contributed by atoms with E-state index in [9.17, 15) is 4.79 Å². The Morgan fingerprint density at radius 3 is 2.83 bits per heavy atom. The largest absolute Gasteiger partial charge is 0.336 e. The zero-order valence-electron chi connectivity index (χ0n) is 11.0. The van der Waals surface area contributed by atoms with E-state index in [4.69, 9.17) is 11.6 Å². The summed E-state index contributed by atoms with van der Waals surface area (Å²) >= 11 is 6.08. The normalized spacial score (nSPS) is 20.2. The van der Waals surface area contributed by atoms with E-state index in [0.29, 0.717) is 5.02 Å². The fourth-order valence-electron chi connectivity index (χ4n) is 2.26. The van der Waals surface area contributed by atoms with Crippen molar-refractivity contribution in [2.45, 2.75) is 33.4 Å². The Labute approximate surface area is 112 Å². The second kappa shape index (κ2) is 5.28. The minimum atomic E-state index is 0.103. The predicted molar refractivity (Wildman–Crippen MR) is 70.8 cm³/mol. The molecule has 1 aromatic rings. The van der Waals surface area contributed by atoms with Gasteiger partial charge in [-0.1, -0.05) is 11.6 Å². The summed E-state index contributed by atoms with van der Waals surface area (Å²) in [7, 11) is 0. The maximum Gasteiger partial charge on any atom is 0.244 e. The molecule has 1 amide bonds. The summed E-state index contributed by atoms with van der Waals surface area (Å²) in [6, 6.07) is 0.235. The molecule has 0 bridgehead atoms. The van der Waals surface area contributed by atoms with Crippen LogP contribution in [0.25, 0.3) is 0 Å². The molecule has 5 nitrogen and oxygen atoms in total. The van der Waals surface area contributed by atoms with Crippen LogP contribution in [0.1, 0.15) is 18.3 Å². The second-order valence-electron chi connectivity index (χ2n) is 4.78. The van der Waals surface area contributed by atoms with Crippen molar-refractivity contribution in [1.82, 2.24) is 20.0 Å².